The third-order valence-electron chi connectivity index (χ3n) is 3.65. The lowest BCUT2D eigenvalue weighted by Crippen LogP contribution is -2.35. The van der Waals surface area contributed by atoms with Crippen molar-refractivity contribution >= 4 is 40.5 Å². The van der Waals surface area contributed by atoms with Crippen LogP contribution in [0.2, 0.25) is 5.15 Å². The molecule has 0 aliphatic carbocycles. The highest BCUT2D eigenvalue weighted by atomic mass is 35.5. The molecule has 1 amide bonds. The van der Waals surface area contributed by atoms with Gasteiger partial charge in [0.1, 0.15) is 16.7 Å². The van der Waals surface area contributed by atoms with E-state index in [4.69, 9.17) is 28.6 Å². The van der Waals surface area contributed by atoms with Gasteiger partial charge < -0.3 is 15.4 Å². The van der Waals surface area contributed by atoms with Crippen molar-refractivity contribution in [3.05, 3.63) is 83.1 Å². The maximum Gasteiger partial charge on any atom is 0.230 e. The van der Waals surface area contributed by atoms with Gasteiger partial charge in [0.05, 0.1) is 6.42 Å². The molecule has 0 radical (unpaired) electrons. The number of nitrogens with one attached hydrogen (secondary N) is 2. The molecular weight excluding hydrogens is 420 g/mol. The Labute approximate surface area is 175 Å². The Morgan fingerprint density at radius 2 is 1.86 bits per heavy atom. The van der Waals surface area contributed by atoms with Crippen LogP contribution in [-0.4, -0.2) is 16.0 Å². The quantitative estimate of drug-likeness (QED) is 0.444. The number of aromatic nitrogens is 1. The number of rotatable bonds is 5. The Kier molecular flexibility index (Phi) is 6.69. The number of thiocarbonyl (C=S) groups is 1. The highest BCUT2D eigenvalue weighted by molar-refractivity contribution is 7.80. The number of anilines is 1. The number of carbonyl (C=O) groups excluding carboxylic acids is 1. The van der Waals surface area contributed by atoms with Gasteiger partial charge >= 0.3 is 0 Å². The van der Waals surface area contributed by atoms with Crippen LogP contribution in [0.15, 0.2) is 60.8 Å². The second-order valence-corrected chi connectivity index (χ2v) is 6.66. The summed E-state index contributed by atoms with van der Waals surface area (Å²) in [5, 5.41) is 5.44. The van der Waals surface area contributed by atoms with E-state index in [0.717, 1.165) is 0 Å². The zero-order chi connectivity index (χ0) is 20.8. The van der Waals surface area contributed by atoms with Crippen molar-refractivity contribution in [1.29, 1.82) is 0 Å². The molecule has 0 saturated heterocycles. The standard InChI is InChI=1S/C20H14ClF2N3O2S/c21-18-11-15(7-8-24-18)28-17-6-5-14(10-16(17)23)25-20(29)26-19(27)9-12-1-3-13(22)4-2-12/h1-8,10-11H,9H2,(H2,25,26,27,29). The largest absolute Gasteiger partial charge is 0.454 e. The summed E-state index contributed by atoms with van der Waals surface area (Å²) in [6.45, 7) is 0. The number of halogens is 3. The Hall–Kier alpha value is -3.10. The maximum atomic E-state index is 14.3. The minimum Gasteiger partial charge on any atom is -0.454 e. The molecule has 9 heteroatoms. The van der Waals surface area contributed by atoms with Gasteiger partial charge in [0.15, 0.2) is 16.7 Å². The molecule has 0 fully saturated rings. The van der Waals surface area contributed by atoms with Gasteiger partial charge in [0, 0.05) is 24.0 Å². The summed E-state index contributed by atoms with van der Waals surface area (Å²) in [6.07, 6.45) is 1.47. The lowest BCUT2D eigenvalue weighted by Gasteiger charge is -2.12. The molecular formula is C20H14ClF2N3O2S. The van der Waals surface area contributed by atoms with Crippen molar-refractivity contribution in [1.82, 2.24) is 10.3 Å². The Bertz CT molecular complexity index is 1050. The molecule has 2 aromatic carbocycles. The summed E-state index contributed by atoms with van der Waals surface area (Å²) in [4.78, 5) is 15.8. The zero-order valence-electron chi connectivity index (χ0n) is 14.8. The minimum atomic E-state index is -0.636. The first kappa shape index (κ1) is 20.6. The van der Waals surface area contributed by atoms with E-state index in [1.165, 1.54) is 48.7 Å². The van der Waals surface area contributed by atoms with Crippen molar-refractivity contribution in [3.63, 3.8) is 0 Å². The molecule has 0 aliphatic heterocycles. The molecule has 1 heterocycles. The molecule has 0 unspecified atom stereocenters. The molecule has 148 valence electrons. The van der Waals surface area contributed by atoms with E-state index in [-0.39, 0.29) is 34.2 Å². The maximum absolute atomic E-state index is 14.3. The predicted molar refractivity (Wildman–Crippen MR) is 110 cm³/mol. The molecule has 3 rings (SSSR count). The monoisotopic (exact) mass is 433 g/mol. The first-order valence-corrected chi connectivity index (χ1v) is 9.12. The van der Waals surface area contributed by atoms with Crippen LogP contribution in [-0.2, 0) is 11.2 Å². The van der Waals surface area contributed by atoms with E-state index in [1.807, 2.05) is 0 Å². The van der Waals surface area contributed by atoms with Crippen LogP contribution < -0.4 is 15.4 Å². The second kappa shape index (κ2) is 9.40. The minimum absolute atomic E-state index is 0.00564. The predicted octanol–water partition coefficient (Wildman–Crippen LogP) is 4.86. The average Bonchev–Trinajstić information content (AvgIpc) is 2.66. The molecule has 0 bridgehead atoms. The number of carbonyl (C=O) groups is 1. The Morgan fingerprint density at radius 1 is 1.10 bits per heavy atom. The normalized spacial score (nSPS) is 10.3. The van der Waals surface area contributed by atoms with E-state index in [1.54, 1.807) is 12.1 Å². The van der Waals surface area contributed by atoms with Gasteiger partial charge in [-0.05, 0) is 48.1 Å². The lowest BCUT2D eigenvalue weighted by molar-refractivity contribution is -0.119. The molecule has 0 saturated carbocycles. The van der Waals surface area contributed by atoms with Crippen LogP contribution in [0, 0.1) is 11.6 Å². The number of hydrogen-bond donors (Lipinski definition) is 2. The molecule has 29 heavy (non-hydrogen) atoms. The number of nitrogens with zero attached hydrogens (tertiary/aromatic N) is 1. The van der Waals surface area contributed by atoms with Gasteiger partial charge in [0.2, 0.25) is 5.91 Å². The third kappa shape index (κ3) is 6.20. The van der Waals surface area contributed by atoms with Gasteiger partial charge in [0.25, 0.3) is 0 Å². The van der Waals surface area contributed by atoms with Crippen LogP contribution >= 0.6 is 23.8 Å². The van der Waals surface area contributed by atoms with Crippen LogP contribution in [0.3, 0.4) is 0 Å². The van der Waals surface area contributed by atoms with E-state index >= 15 is 0 Å². The van der Waals surface area contributed by atoms with Gasteiger partial charge in [-0.1, -0.05) is 23.7 Å². The molecule has 0 aliphatic rings. The van der Waals surface area contributed by atoms with Crippen molar-refractivity contribution in [2.75, 3.05) is 5.32 Å². The van der Waals surface area contributed by atoms with Crippen LogP contribution in [0.5, 0.6) is 11.5 Å². The first-order valence-electron chi connectivity index (χ1n) is 8.33. The van der Waals surface area contributed by atoms with Crippen LogP contribution in [0.4, 0.5) is 14.5 Å². The van der Waals surface area contributed by atoms with Gasteiger partial charge in [-0.15, -0.1) is 0 Å². The first-order chi connectivity index (χ1) is 13.9. The topological polar surface area (TPSA) is 63.2 Å². The lowest BCUT2D eigenvalue weighted by atomic mass is 10.1. The number of pyridine rings is 1. The highest BCUT2D eigenvalue weighted by Crippen LogP contribution is 2.27. The molecule has 5 nitrogen and oxygen atoms in total. The van der Waals surface area contributed by atoms with Gasteiger partial charge in [-0.25, -0.2) is 13.8 Å². The summed E-state index contributed by atoms with van der Waals surface area (Å²) in [6, 6.07) is 12.7. The van der Waals surface area contributed by atoms with E-state index in [0.29, 0.717) is 17.0 Å². The summed E-state index contributed by atoms with van der Waals surface area (Å²) in [5.74, 6) is -1.07. The van der Waals surface area contributed by atoms with E-state index < -0.39 is 5.82 Å². The number of hydrogen-bond acceptors (Lipinski definition) is 4. The fraction of sp³-hybridized carbons (Fsp3) is 0.0500. The Morgan fingerprint density at radius 3 is 2.55 bits per heavy atom. The van der Waals surface area contributed by atoms with Crippen molar-refractivity contribution in [3.8, 4) is 11.5 Å². The van der Waals surface area contributed by atoms with Crippen molar-refractivity contribution < 1.29 is 18.3 Å². The SMILES string of the molecule is O=C(Cc1ccc(F)cc1)NC(=S)Nc1ccc(Oc2ccnc(Cl)c2)c(F)c1. The molecule has 1 aromatic heterocycles. The van der Waals surface area contributed by atoms with E-state index in [9.17, 15) is 13.6 Å². The fourth-order valence-corrected chi connectivity index (χ4v) is 2.75. The third-order valence-corrected chi connectivity index (χ3v) is 4.06. The highest BCUT2D eigenvalue weighted by Gasteiger charge is 2.10. The average molecular weight is 434 g/mol. The number of ether oxygens (including phenoxy) is 1. The van der Waals surface area contributed by atoms with Gasteiger partial charge in [-0.3, -0.25) is 4.79 Å². The molecule has 0 spiro atoms. The summed E-state index contributed by atoms with van der Waals surface area (Å²) in [7, 11) is 0. The van der Waals surface area contributed by atoms with E-state index in [2.05, 4.69) is 15.6 Å². The summed E-state index contributed by atoms with van der Waals surface area (Å²) < 4.78 is 32.6. The van der Waals surface area contributed by atoms with Crippen LogP contribution in [0.25, 0.3) is 0 Å². The second-order valence-electron chi connectivity index (χ2n) is 5.87. The smallest absolute Gasteiger partial charge is 0.230 e. The number of amides is 1. The van der Waals surface area contributed by atoms with Crippen molar-refractivity contribution in [2.45, 2.75) is 6.42 Å². The summed E-state index contributed by atoms with van der Waals surface area (Å²) in [5.41, 5.74) is 0.963. The molecule has 0 atom stereocenters. The Balaban J connectivity index is 1.56. The molecule has 3 aromatic rings. The zero-order valence-corrected chi connectivity index (χ0v) is 16.4. The fourth-order valence-electron chi connectivity index (χ4n) is 2.36. The number of benzene rings is 2. The summed E-state index contributed by atoms with van der Waals surface area (Å²) >= 11 is 10.8. The molecule has 2 N–H and O–H groups in total. The van der Waals surface area contributed by atoms with Crippen LogP contribution in [0.1, 0.15) is 5.56 Å². The van der Waals surface area contributed by atoms with Gasteiger partial charge in [-0.2, -0.15) is 0 Å². The van der Waals surface area contributed by atoms with Crippen molar-refractivity contribution in [2.24, 2.45) is 0 Å².